The van der Waals surface area contributed by atoms with Crippen molar-refractivity contribution in [3.63, 3.8) is 0 Å². The molecule has 3 unspecified atom stereocenters. The molecule has 3 fully saturated rings. The largest absolute Gasteiger partial charge is 0.389 e. The van der Waals surface area contributed by atoms with Crippen LogP contribution in [-0.2, 0) is 4.74 Å². The summed E-state index contributed by atoms with van der Waals surface area (Å²) in [6.45, 7) is 0.940. The Hall–Kier alpha value is -0.0800. The Balaban J connectivity index is 1.50. The molecule has 3 rings (SSSR count). The first-order valence-corrected chi connectivity index (χ1v) is 6.65. The Morgan fingerprint density at radius 1 is 1.07 bits per heavy atom. The molecule has 0 amide bonds. The molecule has 3 atom stereocenters. The third-order valence-corrected chi connectivity index (χ3v) is 4.83. The second kappa shape index (κ2) is 3.74. The molecule has 0 radical (unpaired) electrons. The average Bonchev–Trinajstić information content (AvgIpc) is 2.70. The van der Waals surface area contributed by atoms with E-state index in [4.69, 9.17) is 4.74 Å². The topological polar surface area (TPSA) is 29.5 Å². The number of ether oxygens (including phenoxy) is 1. The minimum absolute atomic E-state index is 0.275. The molecule has 2 aliphatic carbocycles. The number of hydrogen-bond acceptors (Lipinski definition) is 2. The highest BCUT2D eigenvalue weighted by atomic mass is 16.5. The van der Waals surface area contributed by atoms with E-state index in [1.165, 1.54) is 38.5 Å². The van der Waals surface area contributed by atoms with Crippen LogP contribution in [0.1, 0.15) is 51.4 Å². The minimum atomic E-state index is -0.275. The monoisotopic (exact) mass is 210 g/mol. The lowest BCUT2D eigenvalue weighted by molar-refractivity contribution is 0.0608. The second-order valence-electron chi connectivity index (χ2n) is 5.66. The SMILES string of the molecule is OC1(CCC2CCCO2)C2CCCCC21. The van der Waals surface area contributed by atoms with Crippen LogP contribution in [0.15, 0.2) is 0 Å². The number of fused-ring (bicyclic) bond motifs is 1. The van der Waals surface area contributed by atoms with E-state index < -0.39 is 0 Å². The van der Waals surface area contributed by atoms with Crippen molar-refractivity contribution in [1.82, 2.24) is 0 Å². The Kier molecular flexibility index (Phi) is 2.52. The normalized spacial score (nSPS) is 49.0. The number of hydrogen-bond donors (Lipinski definition) is 1. The van der Waals surface area contributed by atoms with Crippen molar-refractivity contribution in [1.29, 1.82) is 0 Å². The van der Waals surface area contributed by atoms with Gasteiger partial charge >= 0.3 is 0 Å². The Morgan fingerprint density at radius 3 is 2.40 bits per heavy atom. The number of rotatable bonds is 3. The van der Waals surface area contributed by atoms with Gasteiger partial charge in [0.25, 0.3) is 0 Å². The van der Waals surface area contributed by atoms with E-state index in [0.29, 0.717) is 17.9 Å². The van der Waals surface area contributed by atoms with Crippen molar-refractivity contribution in [3.8, 4) is 0 Å². The van der Waals surface area contributed by atoms with E-state index in [1.807, 2.05) is 0 Å². The predicted octanol–water partition coefficient (Wildman–Crippen LogP) is 2.50. The van der Waals surface area contributed by atoms with Crippen LogP contribution in [0.2, 0.25) is 0 Å². The van der Waals surface area contributed by atoms with Gasteiger partial charge in [0.15, 0.2) is 0 Å². The molecule has 1 saturated heterocycles. The lowest BCUT2D eigenvalue weighted by Gasteiger charge is -2.14. The summed E-state index contributed by atoms with van der Waals surface area (Å²) in [4.78, 5) is 0. The van der Waals surface area contributed by atoms with Crippen LogP contribution in [0.4, 0.5) is 0 Å². The van der Waals surface area contributed by atoms with Crippen LogP contribution in [0.25, 0.3) is 0 Å². The minimum Gasteiger partial charge on any atom is -0.389 e. The Labute approximate surface area is 92.0 Å². The van der Waals surface area contributed by atoms with E-state index in [9.17, 15) is 5.11 Å². The van der Waals surface area contributed by atoms with Gasteiger partial charge in [-0.1, -0.05) is 12.8 Å². The van der Waals surface area contributed by atoms with Crippen molar-refractivity contribution >= 4 is 0 Å². The van der Waals surface area contributed by atoms with Gasteiger partial charge in [0.1, 0.15) is 0 Å². The van der Waals surface area contributed by atoms with Crippen LogP contribution in [-0.4, -0.2) is 23.4 Å². The van der Waals surface area contributed by atoms with Gasteiger partial charge in [-0.25, -0.2) is 0 Å². The first-order chi connectivity index (χ1) is 7.31. The summed E-state index contributed by atoms with van der Waals surface area (Å²) >= 11 is 0. The molecule has 2 nitrogen and oxygen atoms in total. The average molecular weight is 210 g/mol. The molecule has 0 aromatic rings. The summed E-state index contributed by atoms with van der Waals surface area (Å²) < 4.78 is 5.62. The molecule has 2 heteroatoms. The van der Waals surface area contributed by atoms with Crippen LogP contribution in [0.5, 0.6) is 0 Å². The molecule has 1 N–H and O–H groups in total. The molecule has 1 aliphatic heterocycles. The summed E-state index contributed by atoms with van der Waals surface area (Å²) in [6, 6.07) is 0. The highest BCUT2D eigenvalue weighted by Gasteiger charge is 2.62. The summed E-state index contributed by atoms with van der Waals surface area (Å²) in [7, 11) is 0. The van der Waals surface area contributed by atoms with E-state index in [-0.39, 0.29) is 5.60 Å². The third-order valence-electron chi connectivity index (χ3n) is 4.83. The lowest BCUT2D eigenvalue weighted by Crippen LogP contribution is -2.17. The molecule has 1 heterocycles. The zero-order chi connectivity index (χ0) is 10.3. The summed E-state index contributed by atoms with van der Waals surface area (Å²) in [5.74, 6) is 1.29. The number of aliphatic hydroxyl groups is 1. The molecule has 3 aliphatic rings. The highest BCUT2D eigenvalue weighted by Crippen LogP contribution is 2.60. The standard InChI is InChI=1S/C13H22O2/c14-13(8-7-10-4-3-9-15-10)11-5-1-2-6-12(11)13/h10-12,14H,1-9H2. The van der Waals surface area contributed by atoms with Gasteiger partial charge in [-0.2, -0.15) is 0 Å². The molecule has 0 bridgehead atoms. The fraction of sp³-hybridized carbons (Fsp3) is 1.00. The molecule has 0 aromatic carbocycles. The van der Waals surface area contributed by atoms with Crippen LogP contribution >= 0.6 is 0 Å². The van der Waals surface area contributed by atoms with Gasteiger partial charge < -0.3 is 9.84 Å². The molecule has 0 aromatic heterocycles. The van der Waals surface area contributed by atoms with Crippen LogP contribution in [0.3, 0.4) is 0 Å². The van der Waals surface area contributed by atoms with Crippen molar-refractivity contribution in [3.05, 3.63) is 0 Å². The lowest BCUT2D eigenvalue weighted by atomic mass is 10.0. The van der Waals surface area contributed by atoms with Gasteiger partial charge in [0.2, 0.25) is 0 Å². The first-order valence-electron chi connectivity index (χ1n) is 6.65. The smallest absolute Gasteiger partial charge is 0.0712 e. The van der Waals surface area contributed by atoms with Crippen LogP contribution in [0, 0.1) is 11.8 Å². The Morgan fingerprint density at radius 2 is 1.80 bits per heavy atom. The molecular weight excluding hydrogens is 188 g/mol. The predicted molar refractivity (Wildman–Crippen MR) is 58.6 cm³/mol. The maximum atomic E-state index is 10.5. The highest BCUT2D eigenvalue weighted by molar-refractivity contribution is 5.13. The second-order valence-corrected chi connectivity index (χ2v) is 5.66. The summed E-state index contributed by atoms with van der Waals surface area (Å²) in [5.41, 5.74) is -0.275. The van der Waals surface area contributed by atoms with Gasteiger partial charge in [-0.05, 0) is 50.4 Å². The molecule has 86 valence electrons. The van der Waals surface area contributed by atoms with Crippen molar-refractivity contribution in [2.75, 3.05) is 6.61 Å². The summed E-state index contributed by atoms with van der Waals surface area (Å²) in [6.07, 6.45) is 10.2. The first kappa shape index (κ1) is 10.1. The zero-order valence-electron chi connectivity index (χ0n) is 9.45. The fourth-order valence-corrected chi connectivity index (χ4v) is 3.85. The maximum Gasteiger partial charge on any atom is 0.0712 e. The van der Waals surface area contributed by atoms with Crippen LogP contribution < -0.4 is 0 Å². The fourth-order valence-electron chi connectivity index (χ4n) is 3.85. The van der Waals surface area contributed by atoms with E-state index in [1.54, 1.807) is 0 Å². The van der Waals surface area contributed by atoms with Gasteiger partial charge in [-0.15, -0.1) is 0 Å². The molecule has 2 saturated carbocycles. The molecular formula is C13H22O2. The Bertz CT molecular complexity index is 221. The van der Waals surface area contributed by atoms with E-state index >= 15 is 0 Å². The zero-order valence-corrected chi connectivity index (χ0v) is 9.45. The maximum absolute atomic E-state index is 10.5. The van der Waals surface area contributed by atoms with E-state index in [2.05, 4.69) is 0 Å². The van der Waals surface area contributed by atoms with Crippen molar-refractivity contribution in [2.45, 2.75) is 63.1 Å². The van der Waals surface area contributed by atoms with Crippen molar-refractivity contribution in [2.24, 2.45) is 11.8 Å². The molecule has 0 spiro atoms. The van der Waals surface area contributed by atoms with Gasteiger partial charge in [0.05, 0.1) is 11.7 Å². The van der Waals surface area contributed by atoms with Gasteiger partial charge in [0, 0.05) is 6.61 Å². The summed E-state index contributed by atoms with van der Waals surface area (Å²) in [5, 5.41) is 10.5. The third kappa shape index (κ3) is 1.72. The van der Waals surface area contributed by atoms with E-state index in [0.717, 1.165) is 19.4 Å². The van der Waals surface area contributed by atoms with Gasteiger partial charge in [-0.3, -0.25) is 0 Å². The van der Waals surface area contributed by atoms with Crippen molar-refractivity contribution < 1.29 is 9.84 Å². The quantitative estimate of drug-likeness (QED) is 0.775. The molecule has 15 heavy (non-hydrogen) atoms.